The zero-order valence-corrected chi connectivity index (χ0v) is 18.3. The maximum absolute atomic E-state index is 5.78. The molecule has 0 aliphatic rings. The van der Waals surface area contributed by atoms with E-state index >= 15 is 0 Å². The summed E-state index contributed by atoms with van der Waals surface area (Å²) >= 11 is 1.69. The van der Waals surface area contributed by atoms with Crippen molar-refractivity contribution >= 4 is 17.3 Å². The summed E-state index contributed by atoms with van der Waals surface area (Å²) in [6, 6.07) is 8.19. The van der Waals surface area contributed by atoms with Crippen LogP contribution in [0.15, 0.2) is 34.6 Å². The van der Waals surface area contributed by atoms with Gasteiger partial charge in [-0.05, 0) is 52.1 Å². The van der Waals surface area contributed by atoms with Gasteiger partial charge in [0.15, 0.2) is 5.96 Å². The smallest absolute Gasteiger partial charge is 0.191 e. The molecule has 0 amide bonds. The topological polar surface area (TPSA) is 61.8 Å². The third-order valence-electron chi connectivity index (χ3n) is 4.05. The third kappa shape index (κ3) is 8.71. The molecule has 1 heterocycles. The first-order chi connectivity index (χ1) is 13.6. The second-order valence-corrected chi connectivity index (χ2v) is 7.94. The molecule has 1 aromatic heterocycles. The lowest BCUT2D eigenvalue weighted by molar-refractivity contribution is 0.281. The number of ether oxygens (including phenoxy) is 1. The van der Waals surface area contributed by atoms with Crippen LogP contribution in [-0.2, 0) is 13.0 Å². The molecule has 2 aromatic rings. The van der Waals surface area contributed by atoms with E-state index in [0.29, 0.717) is 6.54 Å². The fraction of sp³-hybridized carbons (Fsp3) is 0.524. The third-order valence-corrected chi connectivity index (χ3v) is 4.87. The lowest BCUT2D eigenvalue weighted by Gasteiger charge is -2.11. The summed E-state index contributed by atoms with van der Waals surface area (Å²) in [5.74, 6) is 1.74. The molecule has 2 N–H and O–H groups in total. The summed E-state index contributed by atoms with van der Waals surface area (Å²) in [6.07, 6.45) is 1.92. The maximum atomic E-state index is 5.78. The van der Waals surface area contributed by atoms with Crippen LogP contribution in [0.25, 0.3) is 0 Å². The van der Waals surface area contributed by atoms with Crippen molar-refractivity contribution in [1.29, 1.82) is 0 Å². The van der Waals surface area contributed by atoms with Crippen LogP contribution in [0.3, 0.4) is 0 Å². The summed E-state index contributed by atoms with van der Waals surface area (Å²) in [4.78, 5) is 11.3. The van der Waals surface area contributed by atoms with E-state index in [4.69, 9.17) is 4.74 Å². The van der Waals surface area contributed by atoms with Crippen molar-refractivity contribution in [2.75, 3.05) is 40.3 Å². The van der Waals surface area contributed by atoms with Gasteiger partial charge in [-0.1, -0.05) is 12.1 Å². The van der Waals surface area contributed by atoms with E-state index in [1.54, 1.807) is 11.3 Å². The van der Waals surface area contributed by atoms with Crippen molar-refractivity contribution in [3.05, 3.63) is 45.9 Å². The number of rotatable bonds is 11. The SMILES string of the molecule is CCNC(=NCc1ccc(OCCCN(C)C)cc1)NCCc1csc(C)n1. The number of nitrogens with zero attached hydrogens (tertiary/aromatic N) is 3. The van der Waals surface area contributed by atoms with E-state index in [9.17, 15) is 0 Å². The molecule has 0 unspecified atom stereocenters. The van der Waals surface area contributed by atoms with Crippen LogP contribution in [0.4, 0.5) is 0 Å². The molecule has 0 saturated heterocycles. The quantitative estimate of drug-likeness (QED) is 0.343. The van der Waals surface area contributed by atoms with E-state index in [1.165, 1.54) is 0 Å². The number of aliphatic imine (C=N–C) groups is 1. The summed E-state index contributed by atoms with van der Waals surface area (Å²) < 4.78 is 5.78. The molecule has 6 nitrogen and oxygen atoms in total. The summed E-state index contributed by atoms with van der Waals surface area (Å²) in [5.41, 5.74) is 2.29. The minimum Gasteiger partial charge on any atom is -0.494 e. The molecular formula is C21H33N5OS. The van der Waals surface area contributed by atoms with Crippen LogP contribution in [0, 0.1) is 6.92 Å². The predicted molar refractivity (Wildman–Crippen MR) is 118 cm³/mol. The van der Waals surface area contributed by atoms with Gasteiger partial charge in [0.1, 0.15) is 5.75 Å². The Labute approximate surface area is 173 Å². The molecule has 0 aliphatic carbocycles. The van der Waals surface area contributed by atoms with Gasteiger partial charge in [-0.15, -0.1) is 11.3 Å². The van der Waals surface area contributed by atoms with Crippen molar-refractivity contribution in [2.24, 2.45) is 4.99 Å². The van der Waals surface area contributed by atoms with Crippen molar-refractivity contribution in [3.63, 3.8) is 0 Å². The van der Waals surface area contributed by atoms with Crippen LogP contribution in [0.1, 0.15) is 29.6 Å². The highest BCUT2D eigenvalue weighted by atomic mass is 32.1. The Balaban J connectivity index is 1.77. The Bertz CT molecular complexity index is 712. The average Bonchev–Trinajstić information content (AvgIpc) is 3.09. The fourth-order valence-corrected chi connectivity index (χ4v) is 3.25. The highest BCUT2D eigenvalue weighted by molar-refractivity contribution is 7.09. The first kappa shape index (κ1) is 22.2. The Hall–Kier alpha value is -2.12. The Morgan fingerprint density at radius 2 is 2.00 bits per heavy atom. The van der Waals surface area contributed by atoms with Crippen LogP contribution in [0.2, 0.25) is 0 Å². The molecule has 0 fully saturated rings. The second-order valence-electron chi connectivity index (χ2n) is 6.88. The van der Waals surface area contributed by atoms with Gasteiger partial charge in [0.2, 0.25) is 0 Å². The zero-order chi connectivity index (χ0) is 20.2. The molecule has 0 bridgehead atoms. The number of aromatic nitrogens is 1. The van der Waals surface area contributed by atoms with Crippen LogP contribution >= 0.6 is 11.3 Å². The molecule has 28 heavy (non-hydrogen) atoms. The van der Waals surface area contributed by atoms with Gasteiger partial charge >= 0.3 is 0 Å². The van der Waals surface area contributed by atoms with Gasteiger partial charge < -0.3 is 20.3 Å². The molecule has 154 valence electrons. The maximum Gasteiger partial charge on any atom is 0.191 e. The number of nitrogens with one attached hydrogen (secondary N) is 2. The van der Waals surface area contributed by atoms with Gasteiger partial charge in [0.05, 0.1) is 23.9 Å². The first-order valence-corrected chi connectivity index (χ1v) is 10.7. The van der Waals surface area contributed by atoms with Crippen molar-refractivity contribution in [1.82, 2.24) is 20.5 Å². The van der Waals surface area contributed by atoms with Gasteiger partial charge in [-0.2, -0.15) is 0 Å². The van der Waals surface area contributed by atoms with Crippen LogP contribution < -0.4 is 15.4 Å². The molecule has 0 atom stereocenters. The Kier molecular flexibility index (Phi) is 9.79. The average molecular weight is 404 g/mol. The number of hydrogen-bond acceptors (Lipinski definition) is 5. The normalized spacial score (nSPS) is 11.7. The minimum atomic E-state index is 0.631. The van der Waals surface area contributed by atoms with Crippen LogP contribution in [-0.4, -0.2) is 56.2 Å². The Morgan fingerprint density at radius 3 is 2.64 bits per heavy atom. The molecule has 1 aromatic carbocycles. The highest BCUT2D eigenvalue weighted by Crippen LogP contribution is 2.13. The monoisotopic (exact) mass is 403 g/mol. The van der Waals surface area contributed by atoms with E-state index in [-0.39, 0.29) is 0 Å². The standard InChI is InChI=1S/C21H33N5OS/c1-5-22-21(23-12-11-19-16-28-17(2)25-19)24-15-18-7-9-20(10-8-18)27-14-6-13-26(3)4/h7-10,16H,5-6,11-15H2,1-4H3,(H2,22,23,24). The molecule has 7 heteroatoms. The lowest BCUT2D eigenvalue weighted by atomic mass is 10.2. The minimum absolute atomic E-state index is 0.631. The molecule has 2 rings (SSSR count). The molecule has 0 saturated carbocycles. The van der Waals surface area contributed by atoms with Crippen molar-refractivity contribution in [2.45, 2.75) is 33.2 Å². The van der Waals surface area contributed by atoms with Gasteiger partial charge in [0, 0.05) is 31.4 Å². The van der Waals surface area contributed by atoms with Gasteiger partial charge in [0.25, 0.3) is 0 Å². The van der Waals surface area contributed by atoms with Crippen molar-refractivity contribution in [3.8, 4) is 5.75 Å². The highest BCUT2D eigenvalue weighted by Gasteiger charge is 2.01. The van der Waals surface area contributed by atoms with E-state index < -0.39 is 0 Å². The number of aryl methyl sites for hydroxylation is 1. The number of thiazole rings is 1. The zero-order valence-electron chi connectivity index (χ0n) is 17.5. The Morgan fingerprint density at radius 1 is 1.21 bits per heavy atom. The summed E-state index contributed by atoms with van der Waals surface area (Å²) in [5, 5.41) is 9.90. The van der Waals surface area contributed by atoms with Gasteiger partial charge in [-0.25, -0.2) is 9.98 Å². The fourth-order valence-electron chi connectivity index (χ4n) is 2.61. The molecule has 0 aliphatic heterocycles. The number of benzene rings is 1. The largest absolute Gasteiger partial charge is 0.494 e. The summed E-state index contributed by atoms with van der Waals surface area (Å²) in [6.45, 7) is 8.16. The molecule has 0 spiro atoms. The van der Waals surface area contributed by atoms with Crippen LogP contribution in [0.5, 0.6) is 5.75 Å². The van der Waals surface area contributed by atoms with Crippen molar-refractivity contribution < 1.29 is 4.74 Å². The van der Waals surface area contributed by atoms with E-state index in [2.05, 4.69) is 64.0 Å². The number of guanidine groups is 1. The summed E-state index contributed by atoms with van der Waals surface area (Å²) in [7, 11) is 4.15. The van der Waals surface area contributed by atoms with E-state index in [1.807, 2.05) is 19.1 Å². The predicted octanol–water partition coefficient (Wildman–Crippen LogP) is 3.08. The van der Waals surface area contributed by atoms with Gasteiger partial charge in [-0.3, -0.25) is 0 Å². The first-order valence-electron chi connectivity index (χ1n) is 9.86. The number of hydrogen-bond donors (Lipinski definition) is 2. The second kappa shape index (κ2) is 12.4. The molecule has 0 radical (unpaired) electrons. The van der Waals surface area contributed by atoms with E-state index in [0.717, 1.165) is 67.1 Å². The molecular weight excluding hydrogens is 370 g/mol. The lowest BCUT2D eigenvalue weighted by Crippen LogP contribution is -2.38.